The predicted molar refractivity (Wildman–Crippen MR) is 227 cm³/mol. The van der Waals surface area contributed by atoms with Gasteiger partial charge in [-0.05, 0) is 86.0 Å². The smallest absolute Gasteiger partial charge is 0.434 e. The van der Waals surface area contributed by atoms with E-state index < -0.39 is 170 Å². The van der Waals surface area contributed by atoms with Crippen LogP contribution in [0.3, 0.4) is 0 Å². The van der Waals surface area contributed by atoms with E-state index in [0.717, 1.165) is 40.0 Å². The lowest BCUT2D eigenvalue weighted by atomic mass is 9.71. The molecule has 0 bridgehead atoms. The average Bonchev–Trinajstić information content (AvgIpc) is 3.25. The summed E-state index contributed by atoms with van der Waals surface area (Å²) in [4.78, 5) is 74.8. The van der Waals surface area contributed by atoms with Crippen LogP contribution in [0.2, 0.25) is 0 Å². The highest BCUT2D eigenvalue weighted by Crippen LogP contribution is 2.49. The Labute approximate surface area is 434 Å². The Bertz CT molecular complexity index is 1960. The Morgan fingerprint density at radius 1 is 0.538 bits per heavy atom. The van der Waals surface area contributed by atoms with Gasteiger partial charge in [0.25, 0.3) is 12.0 Å². The zero-order valence-corrected chi connectivity index (χ0v) is 43.6. The van der Waals surface area contributed by atoms with E-state index in [4.69, 9.17) is 4.74 Å². The largest absolute Gasteiger partial charge is 0.461 e. The lowest BCUT2D eigenvalue weighted by Crippen LogP contribution is -2.52. The number of esters is 6. The Hall–Kier alpha value is -4.58. The van der Waals surface area contributed by atoms with E-state index in [1.54, 1.807) is 6.92 Å². The number of hydrogen-bond acceptors (Lipinski definition) is 12. The maximum atomic E-state index is 14.1. The summed E-state index contributed by atoms with van der Waals surface area (Å²) >= 11 is 0. The SMILES string of the molecule is CCC(C)(CC(C)(C(=O)OC(C(=O)OC(C(F)(F)F)C(F)(F)F)C(C)C)C(F)(F)F)C(=O)OCC(F)(F)CC(F)(F)F.CCC(CC(C)(C)C(=O)OC(CC(=O)OC(C)C(F)(F)F)C1CCCCC1)C(=O)OC(C)C(F)(F)F. The average molecular weight is 1190 g/mol. The van der Waals surface area contributed by atoms with Crippen LogP contribution in [0, 0.1) is 34.0 Å². The number of ether oxygens (including phenoxy) is 6. The van der Waals surface area contributed by atoms with Crippen LogP contribution in [0.4, 0.5) is 87.8 Å². The van der Waals surface area contributed by atoms with Crippen molar-refractivity contribution in [2.24, 2.45) is 34.0 Å². The Morgan fingerprint density at radius 3 is 1.41 bits per heavy atom. The second-order valence-corrected chi connectivity index (χ2v) is 20.1. The molecule has 1 saturated carbocycles. The van der Waals surface area contributed by atoms with E-state index in [1.165, 1.54) is 13.8 Å². The van der Waals surface area contributed by atoms with E-state index in [9.17, 15) is 117 Å². The molecule has 0 aliphatic heterocycles. The molecule has 0 spiro atoms. The van der Waals surface area contributed by atoms with E-state index in [2.05, 4.69) is 23.7 Å². The number of carbonyl (C=O) groups excluding carboxylic acids is 6. The lowest BCUT2D eigenvalue weighted by Gasteiger charge is -2.38. The Balaban J connectivity index is 0.00000154. The van der Waals surface area contributed by atoms with Crippen LogP contribution in [-0.4, -0.2) is 116 Å². The maximum absolute atomic E-state index is 14.1. The molecule has 1 rings (SSSR count). The highest BCUT2D eigenvalue weighted by Gasteiger charge is 2.64. The van der Waals surface area contributed by atoms with Gasteiger partial charge in [0.1, 0.15) is 12.5 Å². The molecule has 1 fully saturated rings. The second-order valence-electron chi connectivity index (χ2n) is 20.1. The molecular weight excluding hydrogens is 1120 g/mol. The highest BCUT2D eigenvalue weighted by atomic mass is 19.4. The quantitative estimate of drug-likeness (QED) is 0.0542. The van der Waals surface area contributed by atoms with Crippen molar-refractivity contribution in [3.8, 4) is 0 Å². The van der Waals surface area contributed by atoms with Crippen LogP contribution in [0.25, 0.3) is 0 Å². The van der Waals surface area contributed by atoms with E-state index >= 15 is 0 Å². The summed E-state index contributed by atoms with van der Waals surface area (Å²) in [5.74, 6) is -17.5. The summed E-state index contributed by atoms with van der Waals surface area (Å²) in [6, 6.07) is 0. The van der Waals surface area contributed by atoms with Gasteiger partial charge in [0.05, 0.1) is 23.2 Å². The number of alkyl halides is 20. The van der Waals surface area contributed by atoms with Crippen molar-refractivity contribution in [3.05, 3.63) is 0 Å². The molecule has 0 aromatic rings. The van der Waals surface area contributed by atoms with Crippen molar-refractivity contribution in [1.29, 1.82) is 0 Å². The fourth-order valence-corrected chi connectivity index (χ4v) is 7.32. The van der Waals surface area contributed by atoms with Gasteiger partial charge < -0.3 is 28.4 Å². The van der Waals surface area contributed by atoms with Crippen LogP contribution in [0.1, 0.15) is 140 Å². The lowest BCUT2D eigenvalue weighted by molar-refractivity contribution is -0.315. The monoisotopic (exact) mass is 1190 g/mol. The predicted octanol–water partition coefficient (Wildman–Crippen LogP) is 13.4. The minimum atomic E-state index is -6.22. The van der Waals surface area contributed by atoms with Crippen molar-refractivity contribution < 1.29 is 145 Å². The summed E-state index contributed by atoms with van der Waals surface area (Å²) in [6.07, 6.45) is -48.3. The van der Waals surface area contributed by atoms with Crippen molar-refractivity contribution >= 4 is 35.8 Å². The molecule has 0 saturated heterocycles. The standard InChI is InChI=1S/C24H36F6O6.C22H26F14O6/c1-6-16(20(32)35-15(3)24(28,29)30)13-22(4,5)21(33)36-18(17-10-8-7-9-11-17)12-19(31)34-14(2)23(25,26)27;1-6-16(4,14(38)40-9-18(23,24)8-19(25,26)27)7-17(5,22(34,35)36)15(39)41-11(10(2)3)12(37)42-13(20(28,29)30)21(31,32)33/h14-18H,6-13H2,1-5H3;10-11,13H,6-9H2,1-5H3. The molecule has 12 nitrogen and oxygen atoms in total. The van der Waals surface area contributed by atoms with E-state index in [0.29, 0.717) is 33.6 Å². The van der Waals surface area contributed by atoms with Crippen molar-refractivity contribution in [1.82, 2.24) is 0 Å². The molecule has 0 aromatic heterocycles. The molecule has 78 heavy (non-hydrogen) atoms. The second kappa shape index (κ2) is 27.7. The molecule has 0 aromatic carbocycles. The normalized spacial score (nSPS) is 18.2. The first-order chi connectivity index (χ1) is 34.7. The first-order valence-electron chi connectivity index (χ1n) is 23.7. The van der Waals surface area contributed by atoms with Gasteiger partial charge in [0.2, 0.25) is 6.10 Å². The summed E-state index contributed by atoms with van der Waals surface area (Å²) in [7, 11) is 0. The van der Waals surface area contributed by atoms with E-state index in [1.807, 2.05) is 0 Å². The summed E-state index contributed by atoms with van der Waals surface area (Å²) < 4.78 is 286. The first kappa shape index (κ1) is 73.4. The van der Waals surface area contributed by atoms with Crippen molar-refractivity contribution in [2.45, 2.75) is 213 Å². The topological polar surface area (TPSA) is 158 Å². The summed E-state index contributed by atoms with van der Waals surface area (Å²) in [5.41, 5.74) is -7.80. The third-order valence-corrected chi connectivity index (χ3v) is 12.3. The van der Waals surface area contributed by atoms with Crippen LogP contribution >= 0.6 is 0 Å². The van der Waals surface area contributed by atoms with Crippen LogP contribution in [-0.2, 0) is 57.2 Å². The molecule has 458 valence electrons. The fraction of sp³-hybridized carbons (Fsp3) is 0.870. The van der Waals surface area contributed by atoms with Gasteiger partial charge in [0, 0.05) is 5.92 Å². The molecule has 32 heteroatoms. The summed E-state index contributed by atoms with van der Waals surface area (Å²) in [5, 5.41) is 0. The molecule has 0 N–H and O–H groups in total. The van der Waals surface area contributed by atoms with Gasteiger partial charge in [-0.3, -0.25) is 24.0 Å². The highest BCUT2D eigenvalue weighted by molar-refractivity contribution is 5.85. The fourth-order valence-electron chi connectivity index (χ4n) is 7.32. The van der Waals surface area contributed by atoms with Gasteiger partial charge in [-0.25, -0.2) is 13.6 Å². The van der Waals surface area contributed by atoms with Gasteiger partial charge >= 0.3 is 72.9 Å². The number of rotatable bonds is 23. The Kier molecular flexibility index (Phi) is 26.1. The molecule has 7 atom stereocenters. The minimum Gasteiger partial charge on any atom is -0.461 e. The Morgan fingerprint density at radius 2 is 1.01 bits per heavy atom. The molecule has 1 aliphatic rings. The molecule has 7 unspecified atom stereocenters. The zero-order valence-electron chi connectivity index (χ0n) is 43.6. The summed E-state index contributed by atoms with van der Waals surface area (Å²) in [6.45, 7) is 7.07. The van der Waals surface area contributed by atoms with Gasteiger partial charge in [0.15, 0.2) is 24.2 Å². The van der Waals surface area contributed by atoms with Crippen LogP contribution < -0.4 is 0 Å². The minimum absolute atomic E-state index is 0.0612. The molecular formula is C46H62F20O12. The van der Waals surface area contributed by atoms with E-state index in [-0.39, 0.29) is 25.7 Å². The number of halogens is 20. The van der Waals surface area contributed by atoms with Gasteiger partial charge in [-0.1, -0.05) is 47.0 Å². The third kappa shape index (κ3) is 23.6. The van der Waals surface area contributed by atoms with Crippen LogP contribution in [0.15, 0.2) is 0 Å². The third-order valence-electron chi connectivity index (χ3n) is 12.3. The molecule has 1 aliphatic carbocycles. The van der Waals surface area contributed by atoms with Crippen molar-refractivity contribution in [3.63, 3.8) is 0 Å². The van der Waals surface area contributed by atoms with Crippen LogP contribution in [0.5, 0.6) is 0 Å². The number of hydrogen-bond donors (Lipinski definition) is 0. The first-order valence-corrected chi connectivity index (χ1v) is 23.7. The molecule has 0 radical (unpaired) electrons. The zero-order chi connectivity index (χ0) is 61.8. The van der Waals surface area contributed by atoms with Gasteiger partial charge in [-0.2, -0.15) is 79.0 Å². The number of carbonyl (C=O) groups is 6. The molecule has 0 heterocycles. The molecule has 0 amide bonds. The van der Waals surface area contributed by atoms with Gasteiger partial charge in [-0.15, -0.1) is 0 Å². The van der Waals surface area contributed by atoms with Crippen molar-refractivity contribution in [2.75, 3.05) is 6.61 Å². The maximum Gasteiger partial charge on any atom is 0.434 e.